The topological polar surface area (TPSA) is 42.4 Å². The first kappa shape index (κ1) is 16.4. The van der Waals surface area contributed by atoms with Crippen LogP contribution in [0, 0.1) is 11.6 Å². The fraction of sp³-hybridized carbons (Fsp3) is 0.176. The van der Waals surface area contributed by atoms with E-state index < -0.39 is 17.6 Å². The lowest BCUT2D eigenvalue weighted by atomic mass is 10.1. The highest BCUT2D eigenvalue weighted by Crippen LogP contribution is 2.20. The number of hydrogen-bond acceptors (Lipinski definition) is 4. The lowest BCUT2D eigenvalue weighted by Gasteiger charge is -2.25. The highest BCUT2D eigenvalue weighted by Gasteiger charge is 2.20. The summed E-state index contributed by atoms with van der Waals surface area (Å²) in [7, 11) is 0. The summed E-state index contributed by atoms with van der Waals surface area (Å²) < 4.78 is 31.5. The number of ether oxygens (including phenoxy) is 1. The molecule has 1 aromatic heterocycles. The van der Waals surface area contributed by atoms with E-state index in [1.54, 1.807) is 12.3 Å². The minimum Gasteiger partial charge on any atom is -0.456 e. The van der Waals surface area contributed by atoms with E-state index in [-0.39, 0.29) is 6.61 Å². The molecule has 0 radical (unpaired) electrons. The number of nitrogens with zero attached hydrogens (tertiary/aromatic N) is 2. The largest absolute Gasteiger partial charge is 0.456 e. The van der Waals surface area contributed by atoms with E-state index in [1.807, 2.05) is 11.0 Å². The van der Waals surface area contributed by atoms with Crippen molar-refractivity contribution in [2.24, 2.45) is 0 Å². The molecule has 2 aromatic rings. The van der Waals surface area contributed by atoms with Gasteiger partial charge in [-0.15, -0.1) is 0 Å². The smallest absolute Gasteiger partial charge is 0.333 e. The van der Waals surface area contributed by atoms with Gasteiger partial charge in [0.05, 0.1) is 5.70 Å². The van der Waals surface area contributed by atoms with Crippen molar-refractivity contribution in [2.45, 2.75) is 13.1 Å². The van der Waals surface area contributed by atoms with Crippen LogP contribution in [0.15, 0.2) is 48.3 Å². The maximum absolute atomic E-state index is 13.4. The number of halogens is 3. The standard InChI is InChI=1S/C17H13ClF2N2O2/c18-16-4-2-12(7-21-16)9-22(13-6-17(23)24-10-13)8-11-1-3-14(19)15(20)5-11/h1-7H,8-10H2. The Balaban J connectivity index is 1.84. The van der Waals surface area contributed by atoms with Crippen molar-refractivity contribution in [3.63, 3.8) is 0 Å². The molecule has 1 aliphatic rings. The third kappa shape index (κ3) is 3.89. The predicted octanol–water partition coefficient (Wildman–Crippen LogP) is 3.46. The summed E-state index contributed by atoms with van der Waals surface area (Å²) >= 11 is 5.78. The van der Waals surface area contributed by atoms with Gasteiger partial charge in [-0.3, -0.25) is 0 Å². The van der Waals surface area contributed by atoms with Crippen LogP contribution < -0.4 is 0 Å². The van der Waals surface area contributed by atoms with Crippen LogP contribution in [0.4, 0.5) is 8.78 Å². The molecule has 0 amide bonds. The number of pyridine rings is 1. The second-order valence-corrected chi connectivity index (χ2v) is 5.72. The highest BCUT2D eigenvalue weighted by atomic mass is 35.5. The minimum atomic E-state index is -0.909. The number of carbonyl (C=O) groups is 1. The van der Waals surface area contributed by atoms with Crippen molar-refractivity contribution >= 4 is 17.6 Å². The molecule has 7 heteroatoms. The van der Waals surface area contributed by atoms with Gasteiger partial charge in [0.2, 0.25) is 0 Å². The molecule has 0 unspecified atom stereocenters. The fourth-order valence-electron chi connectivity index (χ4n) is 2.38. The molecule has 0 saturated heterocycles. The molecule has 24 heavy (non-hydrogen) atoms. The van der Waals surface area contributed by atoms with Crippen LogP contribution in [0.1, 0.15) is 11.1 Å². The van der Waals surface area contributed by atoms with E-state index in [1.165, 1.54) is 12.1 Å². The number of rotatable bonds is 5. The Labute approximate surface area is 142 Å². The van der Waals surface area contributed by atoms with Crippen molar-refractivity contribution < 1.29 is 18.3 Å². The second-order valence-electron chi connectivity index (χ2n) is 5.34. The number of benzene rings is 1. The molecular weight excluding hydrogens is 338 g/mol. The van der Waals surface area contributed by atoms with E-state index in [0.29, 0.717) is 29.5 Å². The summed E-state index contributed by atoms with van der Waals surface area (Å²) in [6.07, 6.45) is 3.02. The summed E-state index contributed by atoms with van der Waals surface area (Å²) in [6.45, 7) is 0.859. The fourth-order valence-corrected chi connectivity index (χ4v) is 2.50. The number of aromatic nitrogens is 1. The van der Waals surface area contributed by atoms with Gasteiger partial charge in [-0.25, -0.2) is 18.6 Å². The molecule has 1 aromatic carbocycles. The molecule has 0 N–H and O–H groups in total. The lowest BCUT2D eigenvalue weighted by molar-refractivity contribution is -0.135. The zero-order chi connectivity index (χ0) is 17.1. The van der Waals surface area contributed by atoms with Gasteiger partial charge in [-0.1, -0.05) is 23.7 Å². The summed E-state index contributed by atoms with van der Waals surface area (Å²) in [5.74, 6) is -2.23. The molecule has 0 saturated carbocycles. The Hall–Kier alpha value is -2.47. The van der Waals surface area contributed by atoms with Gasteiger partial charge in [0.1, 0.15) is 11.8 Å². The molecule has 4 nitrogen and oxygen atoms in total. The van der Waals surface area contributed by atoms with E-state index in [4.69, 9.17) is 16.3 Å². The number of hydrogen-bond donors (Lipinski definition) is 0. The Bertz CT molecular complexity index is 794. The van der Waals surface area contributed by atoms with Gasteiger partial charge in [0, 0.05) is 25.4 Å². The van der Waals surface area contributed by atoms with Crippen LogP contribution in [-0.2, 0) is 22.6 Å². The molecule has 3 rings (SSSR count). The van der Waals surface area contributed by atoms with Gasteiger partial charge in [-0.2, -0.15) is 0 Å². The van der Waals surface area contributed by atoms with Crippen LogP contribution in [0.5, 0.6) is 0 Å². The maximum atomic E-state index is 13.4. The molecule has 0 fully saturated rings. The molecule has 1 aliphatic heterocycles. The molecule has 2 heterocycles. The van der Waals surface area contributed by atoms with Crippen LogP contribution in [0.2, 0.25) is 5.15 Å². The third-order valence-corrected chi connectivity index (χ3v) is 3.80. The minimum absolute atomic E-state index is 0.142. The summed E-state index contributed by atoms with van der Waals surface area (Å²) in [6, 6.07) is 7.20. The van der Waals surface area contributed by atoms with Crippen molar-refractivity contribution in [2.75, 3.05) is 6.61 Å². The zero-order valence-electron chi connectivity index (χ0n) is 12.5. The molecule has 0 bridgehead atoms. The molecule has 0 aliphatic carbocycles. The van der Waals surface area contributed by atoms with Crippen molar-refractivity contribution in [1.82, 2.24) is 9.88 Å². The van der Waals surface area contributed by atoms with E-state index >= 15 is 0 Å². The summed E-state index contributed by atoms with van der Waals surface area (Å²) in [5, 5.41) is 0.379. The van der Waals surface area contributed by atoms with Crippen molar-refractivity contribution in [1.29, 1.82) is 0 Å². The second kappa shape index (κ2) is 6.97. The molecule has 124 valence electrons. The molecule has 0 atom stereocenters. The summed E-state index contributed by atoms with van der Waals surface area (Å²) in [5.41, 5.74) is 2.11. The molecular formula is C17H13ClF2N2O2. The van der Waals surface area contributed by atoms with Gasteiger partial charge in [0.15, 0.2) is 11.6 Å². The Kier molecular flexibility index (Phi) is 4.76. The SMILES string of the molecule is O=C1C=C(N(Cc2ccc(Cl)nc2)Cc2ccc(F)c(F)c2)CO1. The average Bonchev–Trinajstić information content (AvgIpc) is 2.99. The highest BCUT2D eigenvalue weighted by molar-refractivity contribution is 6.29. The van der Waals surface area contributed by atoms with Gasteiger partial charge in [-0.05, 0) is 29.3 Å². The first-order chi connectivity index (χ1) is 11.5. The Morgan fingerprint density at radius 1 is 1.12 bits per heavy atom. The first-order valence-electron chi connectivity index (χ1n) is 7.18. The molecule has 0 spiro atoms. The maximum Gasteiger partial charge on any atom is 0.333 e. The number of cyclic esters (lactones) is 1. The number of carbonyl (C=O) groups excluding carboxylic acids is 1. The normalized spacial score (nSPS) is 13.6. The van der Waals surface area contributed by atoms with E-state index in [2.05, 4.69) is 4.98 Å². The summed E-state index contributed by atoms with van der Waals surface area (Å²) in [4.78, 5) is 17.2. The van der Waals surface area contributed by atoms with E-state index in [9.17, 15) is 13.6 Å². The van der Waals surface area contributed by atoms with Crippen molar-refractivity contribution in [3.8, 4) is 0 Å². The Morgan fingerprint density at radius 3 is 2.50 bits per heavy atom. The van der Waals surface area contributed by atoms with Gasteiger partial charge in [0.25, 0.3) is 0 Å². The Morgan fingerprint density at radius 2 is 1.88 bits per heavy atom. The van der Waals surface area contributed by atoms with Crippen LogP contribution >= 0.6 is 11.6 Å². The van der Waals surface area contributed by atoms with Crippen molar-refractivity contribution in [3.05, 3.63) is 76.2 Å². The van der Waals surface area contributed by atoms with Crippen LogP contribution in [0.25, 0.3) is 0 Å². The zero-order valence-corrected chi connectivity index (χ0v) is 13.3. The van der Waals surface area contributed by atoms with E-state index in [0.717, 1.165) is 17.7 Å². The van der Waals surface area contributed by atoms with Gasteiger partial charge < -0.3 is 9.64 Å². The van der Waals surface area contributed by atoms with Crippen LogP contribution in [-0.4, -0.2) is 22.5 Å². The quantitative estimate of drug-likeness (QED) is 0.612. The average molecular weight is 351 g/mol. The number of esters is 1. The first-order valence-corrected chi connectivity index (χ1v) is 7.56. The predicted molar refractivity (Wildman–Crippen MR) is 83.9 cm³/mol. The van der Waals surface area contributed by atoms with Crippen LogP contribution in [0.3, 0.4) is 0 Å². The lowest BCUT2D eigenvalue weighted by Crippen LogP contribution is -2.23. The van der Waals surface area contributed by atoms with Gasteiger partial charge >= 0.3 is 5.97 Å². The third-order valence-electron chi connectivity index (χ3n) is 3.57. The monoisotopic (exact) mass is 350 g/mol.